The summed E-state index contributed by atoms with van der Waals surface area (Å²) in [5.74, 6) is 0. The van der Waals surface area contributed by atoms with E-state index in [4.69, 9.17) is 0 Å². The fourth-order valence-corrected chi connectivity index (χ4v) is 6.25. The van der Waals surface area contributed by atoms with Gasteiger partial charge in [-0.1, -0.05) is 110 Å². The Balaban J connectivity index is 1.28. The van der Waals surface area contributed by atoms with Crippen molar-refractivity contribution in [2.75, 3.05) is 4.90 Å². The molecule has 0 radical (unpaired) electrons. The molecule has 0 aliphatic heterocycles. The van der Waals surface area contributed by atoms with Crippen LogP contribution in [0.1, 0.15) is 25.8 Å². The molecule has 0 N–H and O–H groups in total. The fraction of sp³-hybridized carbons (Fsp3) is 0.0698. The molecule has 0 aliphatic rings. The van der Waals surface area contributed by atoms with Crippen molar-refractivity contribution >= 4 is 44.3 Å². The minimum Gasteiger partial charge on any atom is -0.317 e. The third kappa shape index (κ3) is 5.59. The highest BCUT2D eigenvalue weighted by atomic mass is 15.1. The van der Waals surface area contributed by atoms with Crippen LogP contribution in [0.2, 0.25) is 0 Å². The van der Waals surface area contributed by atoms with Gasteiger partial charge in [-0.3, -0.25) is 0 Å². The van der Waals surface area contributed by atoms with Gasteiger partial charge in [-0.15, -0.1) is 0 Å². The Morgan fingerprint density at radius 2 is 1.33 bits per heavy atom. The van der Waals surface area contributed by atoms with E-state index in [-0.39, 0.29) is 0 Å². The van der Waals surface area contributed by atoms with Crippen LogP contribution in [0.4, 0.5) is 17.1 Å². The van der Waals surface area contributed by atoms with Crippen molar-refractivity contribution in [1.82, 2.24) is 4.57 Å². The number of benzene rings is 6. The number of hydrogen-bond donors (Lipinski definition) is 0. The van der Waals surface area contributed by atoms with Crippen molar-refractivity contribution in [3.63, 3.8) is 0 Å². The Hall–Kier alpha value is -5.60. The summed E-state index contributed by atoms with van der Waals surface area (Å²) in [6.07, 6.45) is 9.73. The van der Waals surface area contributed by atoms with Crippen molar-refractivity contribution in [1.29, 1.82) is 0 Å². The predicted octanol–water partition coefficient (Wildman–Crippen LogP) is 12.3. The fourth-order valence-electron chi connectivity index (χ4n) is 6.25. The molecule has 7 aromatic rings. The Bertz CT molecular complexity index is 2120. The average molecular weight is 581 g/mol. The lowest BCUT2D eigenvalue weighted by Gasteiger charge is -2.27. The second kappa shape index (κ2) is 12.6. The van der Waals surface area contributed by atoms with Crippen LogP contribution in [-0.4, -0.2) is 4.57 Å². The van der Waals surface area contributed by atoms with Gasteiger partial charge >= 0.3 is 0 Å². The number of fused-ring (bicyclic) bond motifs is 2. The summed E-state index contributed by atoms with van der Waals surface area (Å²) < 4.78 is 2.25. The molecule has 1 heterocycles. The van der Waals surface area contributed by atoms with Gasteiger partial charge in [-0.25, -0.2) is 0 Å². The molecule has 0 unspecified atom stereocenters. The van der Waals surface area contributed by atoms with Crippen molar-refractivity contribution in [2.45, 2.75) is 20.3 Å². The van der Waals surface area contributed by atoms with Crippen LogP contribution in [0.25, 0.3) is 44.1 Å². The highest BCUT2D eigenvalue weighted by Crippen LogP contribution is 2.40. The maximum atomic E-state index is 2.37. The average Bonchev–Trinajstić information content (AvgIpc) is 3.53. The lowest BCUT2D eigenvalue weighted by atomic mass is 10.0. The first-order chi connectivity index (χ1) is 22.2. The minimum atomic E-state index is 1.00. The van der Waals surface area contributed by atoms with Crippen molar-refractivity contribution in [2.24, 2.45) is 0 Å². The molecule has 0 bridgehead atoms. The van der Waals surface area contributed by atoms with E-state index >= 15 is 0 Å². The van der Waals surface area contributed by atoms with Gasteiger partial charge in [0.25, 0.3) is 0 Å². The second-order valence-corrected chi connectivity index (χ2v) is 11.3. The molecule has 0 saturated carbocycles. The van der Waals surface area contributed by atoms with Crippen molar-refractivity contribution in [3.8, 4) is 16.8 Å². The first kappa shape index (κ1) is 28.2. The number of nitrogens with zero attached hydrogens (tertiary/aromatic N) is 2. The highest BCUT2D eigenvalue weighted by molar-refractivity contribution is 5.99. The van der Waals surface area contributed by atoms with Gasteiger partial charge in [0.15, 0.2) is 0 Å². The standard InChI is InChI=1S/C43H36N2/c1-3-11-32(12-4-2)33-19-24-39(25-20-33)45(43-18-10-14-35-13-8-9-17-41(35)43)40-26-21-34(22-27-40)36-23-28-42-37(31-36)29-30-44(42)38-15-6-5-7-16-38/h3,5-31H,4H2,1-2H3/b11-3-,32-12+. The van der Waals surface area contributed by atoms with E-state index in [1.54, 1.807) is 0 Å². The summed E-state index contributed by atoms with van der Waals surface area (Å²) in [5.41, 5.74) is 10.7. The van der Waals surface area contributed by atoms with Gasteiger partial charge in [-0.05, 0) is 102 Å². The number of rotatable bonds is 8. The third-order valence-electron chi connectivity index (χ3n) is 8.42. The van der Waals surface area contributed by atoms with E-state index in [2.05, 4.69) is 193 Å². The van der Waals surface area contributed by atoms with E-state index < -0.39 is 0 Å². The van der Waals surface area contributed by atoms with Crippen molar-refractivity contribution < 1.29 is 0 Å². The molecular formula is C43H36N2. The summed E-state index contributed by atoms with van der Waals surface area (Å²) >= 11 is 0. The van der Waals surface area contributed by atoms with Crippen LogP contribution < -0.4 is 4.90 Å². The molecule has 6 aromatic carbocycles. The maximum Gasteiger partial charge on any atom is 0.0540 e. The van der Waals surface area contributed by atoms with E-state index in [9.17, 15) is 0 Å². The lowest BCUT2D eigenvalue weighted by molar-refractivity contribution is 1.13. The largest absolute Gasteiger partial charge is 0.317 e. The number of hydrogen-bond acceptors (Lipinski definition) is 1. The van der Waals surface area contributed by atoms with Gasteiger partial charge in [0.2, 0.25) is 0 Å². The number of aromatic nitrogens is 1. The van der Waals surface area contributed by atoms with E-state index in [0.717, 1.165) is 23.5 Å². The maximum absolute atomic E-state index is 2.37. The molecule has 0 aliphatic carbocycles. The highest BCUT2D eigenvalue weighted by Gasteiger charge is 2.16. The number of allylic oxidation sites excluding steroid dienone is 4. The van der Waals surface area contributed by atoms with Crippen LogP contribution in [-0.2, 0) is 0 Å². The summed E-state index contributed by atoms with van der Waals surface area (Å²) in [6, 6.07) is 52.5. The normalized spacial score (nSPS) is 11.9. The Morgan fingerprint density at radius 1 is 0.644 bits per heavy atom. The van der Waals surface area contributed by atoms with E-state index in [1.165, 1.54) is 49.6 Å². The zero-order valence-corrected chi connectivity index (χ0v) is 25.8. The predicted molar refractivity (Wildman–Crippen MR) is 194 cm³/mol. The molecule has 45 heavy (non-hydrogen) atoms. The zero-order chi connectivity index (χ0) is 30.6. The lowest BCUT2D eigenvalue weighted by Crippen LogP contribution is -2.10. The van der Waals surface area contributed by atoms with E-state index in [0.29, 0.717) is 0 Å². The SMILES string of the molecule is C/C=C\C(=C/CC)c1ccc(N(c2ccc(-c3ccc4c(ccn4-c4ccccc4)c3)cc2)c2cccc3ccccc23)cc1. The molecule has 218 valence electrons. The number of para-hydroxylation sites is 1. The monoisotopic (exact) mass is 580 g/mol. The van der Waals surface area contributed by atoms with Gasteiger partial charge in [0.1, 0.15) is 0 Å². The second-order valence-electron chi connectivity index (χ2n) is 11.3. The third-order valence-corrected chi connectivity index (χ3v) is 8.42. The molecule has 0 spiro atoms. The van der Waals surface area contributed by atoms with Crippen LogP contribution in [0.3, 0.4) is 0 Å². The quantitative estimate of drug-likeness (QED) is 0.162. The molecular weight excluding hydrogens is 544 g/mol. The topological polar surface area (TPSA) is 8.17 Å². The Kier molecular flexibility index (Phi) is 7.87. The summed E-state index contributed by atoms with van der Waals surface area (Å²) in [7, 11) is 0. The van der Waals surface area contributed by atoms with Crippen LogP contribution in [0.15, 0.2) is 170 Å². The molecule has 0 saturated heterocycles. The Labute approximate surface area is 265 Å². The molecule has 0 atom stereocenters. The smallest absolute Gasteiger partial charge is 0.0540 e. The van der Waals surface area contributed by atoms with Crippen LogP contribution >= 0.6 is 0 Å². The van der Waals surface area contributed by atoms with Gasteiger partial charge in [0.05, 0.1) is 11.2 Å². The first-order valence-corrected chi connectivity index (χ1v) is 15.7. The van der Waals surface area contributed by atoms with Crippen LogP contribution in [0, 0.1) is 0 Å². The minimum absolute atomic E-state index is 1.00. The van der Waals surface area contributed by atoms with Crippen molar-refractivity contribution in [3.05, 3.63) is 176 Å². The summed E-state index contributed by atoms with van der Waals surface area (Å²) in [5, 5.41) is 3.68. The molecule has 7 rings (SSSR count). The van der Waals surface area contributed by atoms with E-state index in [1.807, 2.05) is 0 Å². The first-order valence-electron chi connectivity index (χ1n) is 15.7. The molecule has 2 heteroatoms. The molecule has 2 nitrogen and oxygen atoms in total. The van der Waals surface area contributed by atoms with Gasteiger partial charge in [-0.2, -0.15) is 0 Å². The zero-order valence-electron chi connectivity index (χ0n) is 25.8. The van der Waals surface area contributed by atoms with Crippen LogP contribution in [0.5, 0.6) is 0 Å². The number of anilines is 3. The van der Waals surface area contributed by atoms with Gasteiger partial charge in [0, 0.05) is 34.0 Å². The molecule has 0 amide bonds. The summed E-state index contributed by atoms with van der Waals surface area (Å²) in [6.45, 7) is 4.26. The van der Waals surface area contributed by atoms with Gasteiger partial charge < -0.3 is 9.47 Å². The molecule has 0 fully saturated rings. The molecule has 1 aromatic heterocycles. The Morgan fingerprint density at radius 3 is 2.09 bits per heavy atom. The summed E-state index contributed by atoms with van der Waals surface area (Å²) in [4.78, 5) is 2.37.